The second-order valence-electron chi connectivity index (χ2n) is 3.56. The van der Waals surface area contributed by atoms with E-state index < -0.39 is 0 Å². The molecule has 1 aliphatic rings. The number of carbonyl (C=O) groups is 1. The summed E-state index contributed by atoms with van der Waals surface area (Å²) in [6, 6.07) is 0.198. The Hall–Kier alpha value is -0.810. The number of hydrogen-bond acceptors (Lipinski definition) is 4. The molecule has 1 rings (SSSR count). The molecule has 0 saturated carbocycles. The van der Waals surface area contributed by atoms with E-state index in [1.54, 1.807) is 0 Å². The van der Waals surface area contributed by atoms with Crippen LogP contribution in [0.5, 0.6) is 0 Å². The predicted octanol–water partition coefficient (Wildman–Crippen LogP) is 0.109. The zero-order valence-electron chi connectivity index (χ0n) is 8.71. The quantitative estimate of drug-likeness (QED) is 0.682. The van der Waals surface area contributed by atoms with Crippen molar-refractivity contribution in [2.45, 2.75) is 26.0 Å². The topological polar surface area (TPSA) is 59.6 Å². The molecule has 14 heavy (non-hydrogen) atoms. The van der Waals surface area contributed by atoms with Crippen LogP contribution in [-0.4, -0.2) is 44.5 Å². The van der Waals surface area contributed by atoms with Crippen molar-refractivity contribution in [1.29, 1.82) is 0 Å². The van der Waals surface area contributed by atoms with Crippen LogP contribution in [0.3, 0.4) is 0 Å². The van der Waals surface area contributed by atoms with Crippen molar-refractivity contribution >= 4 is 6.09 Å². The van der Waals surface area contributed by atoms with E-state index in [2.05, 4.69) is 10.6 Å². The molecule has 5 heteroatoms. The van der Waals surface area contributed by atoms with E-state index in [0.29, 0.717) is 13.2 Å². The Morgan fingerprint density at radius 1 is 1.71 bits per heavy atom. The lowest BCUT2D eigenvalue weighted by Crippen LogP contribution is -2.48. The summed E-state index contributed by atoms with van der Waals surface area (Å²) in [6.07, 6.45) is -0.446. The van der Waals surface area contributed by atoms with Crippen LogP contribution in [0.1, 0.15) is 13.8 Å². The fourth-order valence-electron chi connectivity index (χ4n) is 1.21. The van der Waals surface area contributed by atoms with E-state index in [9.17, 15) is 4.79 Å². The average molecular weight is 202 g/mol. The number of hydrogen-bond donors (Lipinski definition) is 2. The van der Waals surface area contributed by atoms with Gasteiger partial charge in [0.25, 0.3) is 0 Å². The van der Waals surface area contributed by atoms with Crippen LogP contribution >= 0.6 is 0 Å². The Morgan fingerprint density at radius 3 is 3.07 bits per heavy atom. The average Bonchev–Trinajstić information content (AvgIpc) is 2.15. The summed E-state index contributed by atoms with van der Waals surface area (Å²) >= 11 is 0. The van der Waals surface area contributed by atoms with E-state index in [-0.39, 0.29) is 18.2 Å². The maximum Gasteiger partial charge on any atom is 0.407 e. The molecule has 1 unspecified atom stereocenters. The molecule has 1 atom stereocenters. The van der Waals surface area contributed by atoms with Gasteiger partial charge in [-0.3, -0.25) is 0 Å². The standard InChI is InChI=1S/C9H18N2O3/c1-7(2)14-9(12)11-5-8-6-13-4-3-10-8/h7-8,10H,3-6H2,1-2H3,(H,11,12). The Balaban J connectivity index is 2.09. The molecule has 5 nitrogen and oxygen atoms in total. The molecular formula is C9H18N2O3. The van der Waals surface area contributed by atoms with E-state index >= 15 is 0 Å². The van der Waals surface area contributed by atoms with Crippen LogP contribution in [0, 0.1) is 0 Å². The second kappa shape index (κ2) is 5.82. The molecule has 1 heterocycles. The van der Waals surface area contributed by atoms with Crippen LogP contribution in [0.15, 0.2) is 0 Å². The molecule has 0 aromatic carbocycles. The lowest BCUT2D eigenvalue weighted by atomic mass is 10.3. The molecule has 82 valence electrons. The maximum absolute atomic E-state index is 11.1. The van der Waals surface area contributed by atoms with Gasteiger partial charge >= 0.3 is 6.09 Å². The third-order valence-electron chi connectivity index (χ3n) is 1.83. The number of alkyl carbamates (subject to hydrolysis) is 1. The van der Waals surface area contributed by atoms with Gasteiger partial charge in [-0.2, -0.15) is 0 Å². The van der Waals surface area contributed by atoms with Gasteiger partial charge in [0.15, 0.2) is 0 Å². The van der Waals surface area contributed by atoms with Crippen molar-refractivity contribution in [2.24, 2.45) is 0 Å². The van der Waals surface area contributed by atoms with Crippen molar-refractivity contribution in [3.05, 3.63) is 0 Å². The zero-order chi connectivity index (χ0) is 10.4. The molecule has 1 amide bonds. The molecule has 0 aromatic rings. The van der Waals surface area contributed by atoms with Crippen molar-refractivity contribution in [2.75, 3.05) is 26.3 Å². The van der Waals surface area contributed by atoms with Crippen LogP contribution in [0.2, 0.25) is 0 Å². The van der Waals surface area contributed by atoms with Crippen LogP contribution in [0.25, 0.3) is 0 Å². The number of morpholine rings is 1. The summed E-state index contributed by atoms with van der Waals surface area (Å²) in [5.74, 6) is 0. The lowest BCUT2D eigenvalue weighted by Gasteiger charge is -2.23. The van der Waals surface area contributed by atoms with Gasteiger partial charge < -0.3 is 20.1 Å². The number of rotatable bonds is 3. The number of carbonyl (C=O) groups excluding carboxylic acids is 1. The largest absolute Gasteiger partial charge is 0.447 e. The Labute approximate surface area is 84.1 Å². The fourth-order valence-corrected chi connectivity index (χ4v) is 1.21. The predicted molar refractivity (Wildman–Crippen MR) is 52.2 cm³/mol. The fraction of sp³-hybridized carbons (Fsp3) is 0.889. The highest BCUT2D eigenvalue weighted by atomic mass is 16.6. The molecule has 0 aromatic heterocycles. The summed E-state index contributed by atoms with van der Waals surface area (Å²) in [5, 5.41) is 5.91. The van der Waals surface area contributed by atoms with Gasteiger partial charge in [-0.15, -0.1) is 0 Å². The minimum Gasteiger partial charge on any atom is -0.447 e. The molecular weight excluding hydrogens is 184 g/mol. The maximum atomic E-state index is 11.1. The van der Waals surface area contributed by atoms with Gasteiger partial charge in [-0.05, 0) is 13.8 Å². The highest BCUT2D eigenvalue weighted by Gasteiger charge is 2.14. The normalized spacial score (nSPS) is 22.1. The van der Waals surface area contributed by atoms with Crippen LogP contribution < -0.4 is 10.6 Å². The molecule has 2 N–H and O–H groups in total. The van der Waals surface area contributed by atoms with Crippen LogP contribution in [0.4, 0.5) is 4.79 Å². The van der Waals surface area contributed by atoms with E-state index in [4.69, 9.17) is 9.47 Å². The third-order valence-corrected chi connectivity index (χ3v) is 1.83. The van der Waals surface area contributed by atoms with E-state index in [0.717, 1.165) is 13.2 Å². The first-order chi connectivity index (χ1) is 6.68. The minimum atomic E-state index is -0.368. The monoisotopic (exact) mass is 202 g/mol. The molecule has 1 fully saturated rings. The second-order valence-corrected chi connectivity index (χ2v) is 3.56. The highest BCUT2D eigenvalue weighted by Crippen LogP contribution is 1.92. The summed E-state index contributed by atoms with van der Waals surface area (Å²) in [5.41, 5.74) is 0. The molecule has 0 aliphatic carbocycles. The van der Waals surface area contributed by atoms with Gasteiger partial charge in [-0.25, -0.2) is 4.79 Å². The van der Waals surface area contributed by atoms with Crippen LogP contribution in [-0.2, 0) is 9.47 Å². The first-order valence-corrected chi connectivity index (χ1v) is 4.94. The molecule has 0 radical (unpaired) electrons. The van der Waals surface area contributed by atoms with Gasteiger partial charge in [0.1, 0.15) is 0 Å². The van der Waals surface area contributed by atoms with Crippen molar-refractivity contribution < 1.29 is 14.3 Å². The molecule has 1 saturated heterocycles. The SMILES string of the molecule is CC(C)OC(=O)NCC1COCCN1. The highest BCUT2D eigenvalue weighted by molar-refractivity contribution is 5.67. The van der Waals surface area contributed by atoms with Gasteiger partial charge in [0, 0.05) is 19.1 Å². The van der Waals surface area contributed by atoms with Crippen molar-refractivity contribution in [3.8, 4) is 0 Å². The third kappa shape index (κ3) is 4.43. The Bertz CT molecular complexity index is 179. The van der Waals surface area contributed by atoms with Gasteiger partial charge in [-0.1, -0.05) is 0 Å². The lowest BCUT2D eigenvalue weighted by molar-refractivity contribution is 0.0734. The summed E-state index contributed by atoms with van der Waals surface area (Å²) < 4.78 is 10.2. The molecule has 1 aliphatic heterocycles. The van der Waals surface area contributed by atoms with Gasteiger partial charge in [0.05, 0.1) is 19.3 Å². The first-order valence-electron chi connectivity index (χ1n) is 4.94. The summed E-state index contributed by atoms with van der Waals surface area (Å²) in [7, 11) is 0. The number of amides is 1. The van der Waals surface area contributed by atoms with E-state index in [1.165, 1.54) is 0 Å². The smallest absolute Gasteiger partial charge is 0.407 e. The minimum absolute atomic E-state index is 0.0782. The van der Waals surface area contributed by atoms with Crippen molar-refractivity contribution in [1.82, 2.24) is 10.6 Å². The Kier molecular flexibility index (Phi) is 4.69. The number of ether oxygens (including phenoxy) is 2. The summed E-state index contributed by atoms with van der Waals surface area (Å²) in [6.45, 7) is 6.41. The molecule has 0 bridgehead atoms. The van der Waals surface area contributed by atoms with Gasteiger partial charge in [0.2, 0.25) is 0 Å². The summed E-state index contributed by atoms with van der Waals surface area (Å²) in [4.78, 5) is 11.1. The Morgan fingerprint density at radius 2 is 2.50 bits per heavy atom. The molecule has 0 spiro atoms. The zero-order valence-corrected chi connectivity index (χ0v) is 8.71. The van der Waals surface area contributed by atoms with Crippen molar-refractivity contribution in [3.63, 3.8) is 0 Å². The number of nitrogens with one attached hydrogen (secondary N) is 2. The van der Waals surface area contributed by atoms with E-state index in [1.807, 2.05) is 13.8 Å². The first kappa shape index (κ1) is 11.3.